The molecule has 1 saturated carbocycles. The molecular formula is C14H25NO3. The molecule has 0 aromatic rings. The van der Waals surface area contributed by atoms with Gasteiger partial charge in [-0.25, -0.2) is 0 Å². The molecule has 18 heavy (non-hydrogen) atoms. The lowest BCUT2D eigenvalue weighted by molar-refractivity contribution is -0.193. The van der Waals surface area contributed by atoms with Gasteiger partial charge in [-0.15, -0.1) is 0 Å². The molecule has 0 unspecified atom stereocenters. The van der Waals surface area contributed by atoms with Gasteiger partial charge in [0, 0.05) is 25.4 Å². The van der Waals surface area contributed by atoms with Gasteiger partial charge in [0.25, 0.3) is 0 Å². The van der Waals surface area contributed by atoms with E-state index in [0.717, 1.165) is 12.8 Å². The van der Waals surface area contributed by atoms with E-state index in [1.165, 1.54) is 32.1 Å². The van der Waals surface area contributed by atoms with E-state index in [1.54, 1.807) is 0 Å². The fourth-order valence-corrected chi connectivity index (χ4v) is 3.56. The molecular weight excluding hydrogens is 230 g/mol. The maximum Gasteiger partial charge on any atom is 0.169 e. The molecule has 0 bridgehead atoms. The third kappa shape index (κ3) is 2.31. The molecule has 0 aromatic heterocycles. The Labute approximate surface area is 109 Å². The molecule has 4 nitrogen and oxygen atoms in total. The Bertz CT molecular complexity index is 269. The summed E-state index contributed by atoms with van der Waals surface area (Å²) in [7, 11) is 0. The smallest absolute Gasteiger partial charge is 0.169 e. The van der Waals surface area contributed by atoms with E-state index in [9.17, 15) is 5.11 Å². The van der Waals surface area contributed by atoms with Crippen LogP contribution in [0, 0.1) is 0 Å². The Morgan fingerprint density at radius 2 is 1.61 bits per heavy atom. The fraction of sp³-hybridized carbons (Fsp3) is 1.00. The van der Waals surface area contributed by atoms with Crippen LogP contribution >= 0.6 is 0 Å². The topological polar surface area (TPSA) is 50.7 Å². The standard InChI is InChI=1S/C14H25NO3/c1-10-12-13(11(16)9-15-10)18-14(17-12)7-5-3-2-4-6-8-14/h10-13,15-16H,2-9H2,1H3/t10-,11+,12+,13-/m0/s1. The van der Waals surface area contributed by atoms with Gasteiger partial charge in [-0.1, -0.05) is 19.3 Å². The number of nitrogens with one attached hydrogen (secondary N) is 1. The maximum atomic E-state index is 10.1. The van der Waals surface area contributed by atoms with Crippen molar-refractivity contribution in [2.45, 2.75) is 82.0 Å². The largest absolute Gasteiger partial charge is 0.389 e. The predicted octanol–water partition coefficient (Wildman–Crippen LogP) is 1.56. The molecule has 2 aliphatic heterocycles. The van der Waals surface area contributed by atoms with Crippen LogP contribution in [0.5, 0.6) is 0 Å². The van der Waals surface area contributed by atoms with Crippen LogP contribution in [0.1, 0.15) is 51.9 Å². The van der Waals surface area contributed by atoms with Gasteiger partial charge in [0.2, 0.25) is 0 Å². The van der Waals surface area contributed by atoms with Gasteiger partial charge >= 0.3 is 0 Å². The minimum atomic E-state index is -0.434. The van der Waals surface area contributed by atoms with Gasteiger partial charge in [0.05, 0.1) is 6.10 Å². The summed E-state index contributed by atoms with van der Waals surface area (Å²) in [6, 6.07) is 0.267. The molecule has 1 aliphatic carbocycles. The predicted molar refractivity (Wildman–Crippen MR) is 68.3 cm³/mol. The summed E-state index contributed by atoms with van der Waals surface area (Å²) in [4.78, 5) is 0. The molecule has 4 atom stereocenters. The molecule has 2 N–H and O–H groups in total. The summed E-state index contributed by atoms with van der Waals surface area (Å²) in [5, 5.41) is 13.4. The van der Waals surface area contributed by atoms with E-state index in [0.29, 0.717) is 6.54 Å². The van der Waals surface area contributed by atoms with Crippen molar-refractivity contribution in [2.24, 2.45) is 0 Å². The van der Waals surface area contributed by atoms with Crippen molar-refractivity contribution >= 4 is 0 Å². The average molecular weight is 255 g/mol. The van der Waals surface area contributed by atoms with E-state index in [-0.39, 0.29) is 18.2 Å². The second kappa shape index (κ2) is 5.08. The highest BCUT2D eigenvalue weighted by Gasteiger charge is 2.52. The third-order valence-corrected chi connectivity index (χ3v) is 4.66. The zero-order valence-electron chi connectivity index (χ0n) is 11.2. The molecule has 2 heterocycles. The lowest BCUT2D eigenvalue weighted by atomic mass is 9.96. The molecule has 0 amide bonds. The number of ether oxygens (including phenoxy) is 2. The second-order valence-corrected chi connectivity index (χ2v) is 6.11. The van der Waals surface area contributed by atoms with Crippen molar-refractivity contribution in [3.05, 3.63) is 0 Å². The quantitative estimate of drug-likeness (QED) is 0.690. The average Bonchev–Trinajstić information content (AvgIpc) is 2.71. The second-order valence-electron chi connectivity index (χ2n) is 6.11. The molecule has 3 fully saturated rings. The maximum absolute atomic E-state index is 10.1. The van der Waals surface area contributed by atoms with E-state index >= 15 is 0 Å². The summed E-state index contributed by atoms with van der Waals surface area (Å²) in [5.74, 6) is -0.406. The van der Waals surface area contributed by atoms with E-state index in [2.05, 4.69) is 12.2 Å². The molecule has 2 saturated heterocycles. The van der Waals surface area contributed by atoms with Crippen molar-refractivity contribution in [2.75, 3.05) is 6.54 Å². The van der Waals surface area contributed by atoms with Crippen LogP contribution in [0.2, 0.25) is 0 Å². The van der Waals surface area contributed by atoms with Gasteiger partial charge in [-0.2, -0.15) is 0 Å². The SMILES string of the molecule is C[C@@H]1NC[C@@H](O)[C@@H]2OC3(CCCCCCC3)O[C@@H]21. The van der Waals surface area contributed by atoms with Crippen molar-refractivity contribution in [3.8, 4) is 0 Å². The van der Waals surface area contributed by atoms with Crippen molar-refractivity contribution in [3.63, 3.8) is 0 Å². The van der Waals surface area contributed by atoms with Crippen LogP contribution < -0.4 is 5.32 Å². The van der Waals surface area contributed by atoms with Crippen molar-refractivity contribution in [1.82, 2.24) is 5.32 Å². The van der Waals surface area contributed by atoms with Gasteiger partial charge < -0.3 is 19.9 Å². The number of aliphatic hydroxyl groups excluding tert-OH is 1. The monoisotopic (exact) mass is 255 g/mol. The molecule has 4 heteroatoms. The Morgan fingerprint density at radius 3 is 2.28 bits per heavy atom. The van der Waals surface area contributed by atoms with Crippen LogP contribution in [-0.2, 0) is 9.47 Å². The Morgan fingerprint density at radius 1 is 1.00 bits per heavy atom. The van der Waals surface area contributed by atoms with Crippen molar-refractivity contribution < 1.29 is 14.6 Å². The summed E-state index contributed by atoms with van der Waals surface area (Å²) in [6.07, 6.45) is 7.65. The minimum absolute atomic E-state index is 0.00757. The number of piperidine rings is 1. The molecule has 1 spiro atoms. The molecule has 0 aromatic carbocycles. The van der Waals surface area contributed by atoms with Gasteiger partial charge in [-0.05, 0) is 19.8 Å². The number of β-amino-alcohol motifs (C(OH)–C–C–N with tert-alkyl or cyclic N) is 1. The molecule has 3 aliphatic rings. The Balaban J connectivity index is 1.74. The summed E-state index contributed by atoms with van der Waals surface area (Å²) >= 11 is 0. The lowest BCUT2D eigenvalue weighted by Crippen LogP contribution is -2.57. The van der Waals surface area contributed by atoms with Crippen LogP contribution in [0.4, 0.5) is 0 Å². The first-order chi connectivity index (χ1) is 8.70. The number of hydrogen-bond donors (Lipinski definition) is 2. The minimum Gasteiger partial charge on any atom is -0.389 e. The highest BCUT2D eigenvalue weighted by Crippen LogP contribution is 2.41. The molecule has 104 valence electrons. The van der Waals surface area contributed by atoms with Gasteiger partial charge in [0.1, 0.15) is 12.2 Å². The van der Waals surface area contributed by atoms with E-state index < -0.39 is 11.9 Å². The van der Waals surface area contributed by atoms with E-state index in [1.807, 2.05) is 0 Å². The number of rotatable bonds is 0. The van der Waals surface area contributed by atoms with Gasteiger partial charge in [-0.3, -0.25) is 0 Å². The first kappa shape index (κ1) is 12.9. The lowest BCUT2D eigenvalue weighted by Gasteiger charge is -2.33. The normalized spacial score (nSPS) is 44.3. The van der Waals surface area contributed by atoms with Gasteiger partial charge in [0.15, 0.2) is 5.79 Å². The first-order valence-electron chi connectivity index (χ1n) is 7.47. The zero-order valence-corrected chi connectivity index (χ0v) is 11.2. The number of fused-ring (bicyclic) bond motifs is 1. The van der Waals surface area contributed by atoms with Crippen LogP contribution in [0.3, 0.4) is 0 Å². The van der Waals surface area contributed by atoms with Crippen LogP contribution in [0.25, 0.3) is 0 Å². The van der Waals surface area contributed by atoms with E-state index in [4.69, 9.17) is 9.47 Å². The van der Waals surface area contributed by atoms with Crippen LogP contribution in [0.15, 0.2) is 0 Å². The van der Waals surface area contributed by atoms with Crippen LogP contribution in [-0.4, -0.2) is 41.8 Å². The highest BCUT2D eigenvalue weighted by atomic mass is 16.8. The summed E-state index contributed by atoms with van der Waals surface area (Å²) in [6.45, 7) is 2.73. The van der Waals surface area contributed by atoms with Crippen molar-refractivity contribution in [1.29, 1.82) is 0 Å². The molecule has 3 rings (SSSR count). The summed E-state index contributed by atoms with van der Waals surface area (Å²) < 4.78 is 12.5. The summed E-state index contributed by atoms with van der Waals surface area (Å²) in [5.41, 5.74) is 0. The highest BCUT2D eigenvalue weighted by molar-refractivity contribution is 4.99. The Kier molecular flexibility index (Phi) is 3.63. The number of hydrogen-bond acceptors (Lipinski definition) is 4. The zero-order chi connectivity index (χ0) is 12.6. The molecule has 0 radical (unpaired) electrons. The fourth-order valence-electron chi connectivity index (χ4n) is 3.56. The third-order valence-electron chi connectivity index (χ3n) is 4.66. The number of aliphatic hydroxyl groups is 1. The Hall–Kier alpha value is -0.160. The first-order valence-corrected chi connectivity index (χ1v) is 7.47.